The minimum absolute atomic E-state index is 0.127. The summed E-state index contributed by atoms with van der Waals surface area (Å²) in [6.07, 6.45) is 3.18. The molecule has 0 spiro atoms. The molecule has 3 rings (SSSR count). The summed E-state index contributed by atoms with van der Waals surface area (Å²) in [5, 5.41) is 5.84. The van der Waals surface area contributed by atoms with Gasteiger partial charge in [-0.3, -0.25) is 9.59 Å². The topological polar surface area (TPSA) is 84.2 Å². The molecule has 0 unspecified atom stereocenters. The Bertz CT molecular complexity index is 1030. The van der Waals surface area contributed by atoms with Crippen LogP contribution in [0.4, 0.5) is 5.69 Å². The third-order valence-electron chi connectivity index (χ3n) is 5.22. The summed E-state index contributed by atoms with van der Waals surface area (Å²) in [5.74, 6) is 0.948. The van der Waals surface area contributed by atoms with Crippen LogP contribution < -0.4 is 10.6 Å². The molecule has 0 bridgehead atoms. The molecule has 0 aliphatic rings. The van der Waals surface area contributed by atoms with Crippen molar-refractivity contribution in [3.8, 4) is 11.3 Å². The van der Waals surface area contributed by atoms with Crippen molar-refractivity contribution in [3.63, 3.8) is 0 Å². The lowest BCUT2D eigenvalue weighted by Crippen LogP contribution is -2.42. The van der Waals surface area contributed by atoms with E-state index in [0.717, 1.165) is 12.0 Å². The summed E-state index contributed by atoms with van der Waals surface area (Å²) in [6.45, 7) is 8.03. The molecule has 31 heavy (non-hydrogen) atoms. The molecular weight excluding hydrogens is 390 g/mol. The number of hydrogen-bond donors (Lipinski definition) is 2. The number of oxazole rings is 1. The summed E-state index contributed by atoms with van der Waals surface area (Å²) in [6, 6.07) is 14.9. The van der Waals surface area contributed by atoms with Crippen LogP contribution in [-0.4, -0.2) is 22.3 Å². The quantitative estimate of drug-likeness (QED) is 0.529. The summed E-state index contributed by atoms with van der Waals surface area (Å²) in [5.41, 5.74) is 3.08. The van der Waals surface area contributed by atoms with Gasteiger partial charge in [0, 0.05) is 35.2 Å². The van der Waals surface area contributed by atoms with Crippen LogP contribution in [0.15, 0.2) is 59.1 Å². The molecule has 1 heterocycles. The smallest absolute Gasteiger partial charge is 0.251 e. The molecule has 6 nitrogen and oxygen atoms in total. The zero-order valence-electron chi connectivity index (χ0n) is 18.5. The van der Waals surface area contributed by atoms with E-state index in [4.69, 9.17) is 4.42 Å². The van der Waals surface area contributed by atoms with Gasteiger partial charge in [-0.25, -0.2) is 4.98 Å². The van der Waals surface area contributed by atoms with Gasteiger partial charge in [0.15, 0.2) is 11.7 Å². The molecule has 1 aromatic heterocycles. The maximum Gasteiger partial charge on any atom is 0.251 e. The highest BCUT2D eigenvalue weighted by atomic mass is 16.4. The Hall–Kier alpha value is -3.41. The maximum absolute atomic E-state index is 12.3. The fourth-order valence-electron chi connectivity index (χ4n) is 2.89. The average Bonchev–Trinajstić information content (AvgIpc) is 3.22. The molecule has 162 valence electrons. The van der Waals surface area contributed by atoms with Gasteiger partial charge in [0.25, 0.3) is 5.91 Å². The molecule has 6 heteroatoms. The SMILES string of the molecule is CCC(C)(C)NC(=O)c1ccc(NC(=O)CCc2ncc(-c3ccc(C)cc3)o2)cc1. The highest BCUT2D eigenvalue weighted by Crippen LogP contribution is 2.21. The lowest BCUT2D eigenvalue weighted by molar-refractivity contribution is -0.116. The average molecular weight is 420 g/mol. The Balaban J connectivity index is 1.51. The van der Waals surface area contributed by atoms with Crippen LogP contribution >= 0.6 is 0 Å². The predicted octanol–water partition coefficient (Wildman–Crippen LogP) is 5.14. The van der Waals surface area contributed by atoms with E-state index in [1.54, 1.807) is 30.5 Å². The molecule has 0 fully saturated rings. The Labute approximate surface area is 183 Å². The van der Waals surface area contributed by atoms with Crippen LogP contribution in [0.3, 0.4) is 0 Å². The summed E-state index contributed by atoms with van der Waals surface area (Å²) >= 11 is 0. The van der Waals surface area contributed by atoms with Gasteiger partial charge in [-0.1, -0.05) is 36.8 Å². The van der Waals surface area contributed by atoms with Crippen molar-refractivity contribution in [1.29, 1.82) is 0 Å². The highest BCUT2D eigenvalue weighted by molar-refractivity contribution is 5.96. The van der Waals surface area contributed by atoms with Crippen molar-refractivity contribution in [2.24, 2.45) is 0 Å². The molecule has 2 aromatic carbocycles. The number of benzene rings is 2. The third kappa shape index (κ3) is 6.28. The van der Waals surface area contributed by atoms with E-state index in [2.05, 4.69) is 15.6 Å². The number of nitrogens with one attached hydrogen (secondary N) is 2. The van der Waals surface area contributed by atoms with Crippen LogP contribution in [0.2, 0.25) is 0 Å². The van der Waals surface area contributed by atoms with Crippen LogP contribution in [0.5, 0.6) is 0 Å². The summed E-state index contributed by atoms with van der Waals surface area (Å²) in [4.78, 5) is 28.9. The van der Waals surface area contributed by atoms with Crippen molar-refractivity contribution in [2.75, 3.05) is 5.32 Å². The second kappa shape index (κ2) is 9.60. The second-order valence-electron chi connectivity index (χ2n) is 8.30. The molecule has 0 aliphatic heterocycles. The van der Waals surface area contributed by atoms with Gasteiger partial charge in [0.05, 0.1) is 6.20 Å². The monoisotopic (exact) mass is 419 g/mol. The molecule has 0 saturated carbocycles. The molecule has 0 radical (unpaired) electrons. The molecule has 2 amide bonds. The minimum Gasteiger partial charge on any atom is -0.441 e. The third-order valence-corrected chi connectivity index (χ3v) is 5.22. The van der Waals surface area contributed by atoms with Crippen molar-refractivity contribution < 1.29 is 14.0 Å². The first-order valence-corrected chi connectivity index (χ1v) is 10.5. The van der Waals surface area contributed by atoms with Crippen molar-refractivity contribution in [3.05, 3.63) is 71.7 Å². The Morgan fingerprint density at radius 3 is 2.35 bits per heavy atom. The number of anilines is 1. The van der Waals surface area contributed by atoms with E-state index in [9.17, 15) is 9.59 Å². The van der Waals surface area contributed by atoms with Crippen molar-refractivity contribution in [2.45, 2.75) is 52.5 Å². The lowest BCUT2D eigenvalue weighted by atomic mass is 10.0. The number of amides is 2. The number of rotatable bonds is 8. The number of aryl methyl sites for hydroxylation is 2. The van der Waals surface area contributed by atoms with Crippen LogP contribution in [0.25, 0.3) is 11.3 Å². The normalized spacial score (nSPS) is 11.2. The zero-order valence-corrected chi connectivity index (χ0v) is 18.5. The van der Waals surface area contributed by atoms with Crippen LogP contribution in [0.1, 0.15) is 55.4 Å². The van der Waals surface area contributed by atoms with Crippen LogP contribution in [-0.2, 0) is 11.2 Å². The Morgan fingerprint density at radius 2 is 1.71 bits per heavy atom. The molecule has 0 aliphatic carbocycles. The zero-order chi connectivity index (χ0) is 22.4. The summed E-state index contributed by atoms with van der Waals surface area (Å²) < 4.78 is 5.77. The fraction of sp³-hybridized carbons (Fsp3) is 0.320. The summed E-state index contributed by atoms with van der Waals surface area (Å²) in [7, 11) is 0. The molecular formula is C25H29N3O3. The van der Waals surface area contributed by atoms with E-state index in [1.807, 2.05) is 52.0 Å². The first-order valence-electron chi connectivity index (χ1n) is 10.5. The van der Waals surface area contributed by atoms with Gasteiger partial charge in [-0.2, -0.15) is 0 Å². The fourth-order valence-corrected chi connectivity index (χ4v) is 2.89. The molecule has 0 atom stereocenters. The number of aromatic nitrogens is 1. The van der Waals surface area contributed by atoms with Gasteiger partial charge >= 0.3 is 0 Å². The number of carbonyl (C=O) groups is 2. The largest absolute Gasteiger partial charge is 0.441 e. The molecule has 0 saturated heterocycles. The minimum atomic E-state index is -0.261. The van der Waals surface area contributed by atoms with Crippen LogP contribution in [0, 0.1) is 6.92 Å². The van der Waals surface area contributed by atoms with E-state index in [1.165, 1.54) is 5.56 Å². The van der Waals surface area contributed by atoms with E-state index >= 15 is 0 Å². The predicted molar refractivity (Wildman–Crippen MR) is 122 cm³/mol. The Morgan fingerprint density at radius 1 is 1.03 bits per heavy atom. The maximum atomic E-state index is 12.3. The molecule has 3 aromatic rings. The first kappa shape index (κ1) is 22.3. The van der Waals surface area contributed by atoms with Gasteiger partial charge < -0.3 is 15.1 Å². The number of nitrogens with zero attached hydrogens (tertiary/aromatic N) is 1. The van der Waals surface area contributed by atoms with Crippen molar-refractivity contribution in [1.82, 2.24) is 10.3 Å². The molecule has 2 N–H and O–H groups in total. The first-order chi connectivity index (χ1) is 14.8. The second-order valence-corrected chi connectivity index (χ2v) is 8.30. The van der Waals surface area contributed by atoms with Gasteiger partial charge in [-0.05, 0) is 51.5 Å². The van der Waals surface area contributed by atoms with E-state index in [-0.39, 0.29) is 23.8 Å². The Kier molecular flexibility index (Phi) is 6.90. The van der Waals surface area contributed by atoms with Crippen molar-refractivity contribution >= 4 is 17.5 Å². The van der Waals surface area contributed by atoms with E-state index in [0.29, 0.717) is 29.3 Å². The number of hydrogen-bond acceptors (Lipinski definition) is 4. The highest BCUT2D eigenvalue weighted by Gasteiger charge is 2.18. The lowest BCUT2D eigenvalue weighted by Gasteiger charge is -2.24. The van der Waals surface area contributed by atoms with Gasteiger partial charge in [0.2, 0.25) is 5.91 Å². The van der Waals surface area contributed by atoms with E-state index < -0.39 is 0 Å². The standard InChI is InChI=1S/C25H29N3O3/c1-5-25(3,4)28-24(30)19-10-12-20(13-11-19)27-22(29)14-15-23-26-16-21(31-23)18-8-6-17(2)7-9-18/h6-13,16H,5,14-15H2,1-4H3,(H,27,29)(H,28,30). The number of carbonyl (C=O) groups excluding carboxylic acids is 2. The van der Waals surface area contributed by atoms with Gasteiger partial charge in [0.1, 0.15) is 0 Å². The van der Waals surface area contributed by atoms with Gasteiger partial charge in [-0.15, -0.1) is 0 Å².